The van der Waals surface area contributed by atoms with Gasteiger partial charge >= 0.3 is 5.97 Å². The first-order chi connectivity index (χ1) is 7.67. The molecule has 0 aromatic heterocycles. The highest BCUT2D eigenvalue weighted by Crippen LogP contribution is 2.14. The number of hydrogen-bond acceptors (Lipinski definition) is 3. The molecular weight excluding hydrogens is 204 g/mol. The van der Waals surface area contributed by atoms with Crippen molar-refractivity contribution in [3.63, 3.8) is 0 Å². The predicted molar refractivity (Wildman–Crippen MR) is 61.2 cm³/mol. The van der Waals surface area contributed by atoms with E-state index < -0.39 is 5.97 Å². The fourth-order valence-corrected chi connectivity index (χ4v) is 1.33. The fraction of sp³-hybridized carbons (Fsp3) is 0.167. The number of rotatable bonds is 5. The van der Waals surface area contributed by atoms with Crippen LogP contribution < -0.4 is 4.90 Å². The summed E-state index contributed by atoms with van der Waals surface area (Å²) < 4.78 is 0. The van der Waals surface area contributed by atoms with Gasteiger partial charge in [0.2, 0.25) is 0 Å². The minimum Gasteiger partial charge on any atom is -0.480 e. The monoisotopic (exact) mass is 216 g/mol. The summed E-state index contributed by atoms with van der Waals surface area (Å²) in [5.41, 5.74) is 1.32. The van der Waals surface area contributed by atoms with Gasteiger partial charge in [0.05, 0.1) is 11.6 Å². The molecule has 0 saturated carbocycles. The van der Waals surface area contributed by atoms with Gasteiger partial charge in [-0.3, -0.25) is 4.79 Å². The molecule has 0 aliphatic rings. The smallest absolute Gasteiger partial charge is 0.323 e. The number of carboxylic acid groups (broad SMARTS) is 1. The summed E-state index contributed by atoms with van der Waals surface area (Å²) in [7, 11) is 0. The Morgan fingerprint density at radius 1 is 1.50 bits per heavy atom. The second-order valence-electron chi connectivity index (χ2n) is 3.22. The molecule has 0 amide bonds. The predicted octanol–water partition coefficient (Wildman–Crippen LogP) is 1.64. The van der Waals surface area contributed by atoms with Gasteiger partial charge in [-0.05, 0) is 24.3 Å². The molecule has 0 spiro atoms. The largest absolute Gasteiger partial charge is 0.480 e. The number of carbonyl (C=O) groups is 1. The second-order valence-corrected chi connectivity index (χ2v) is 3.22. The zero-order valence-electron chi connectivity index (χ0n) is 8.76. The molecule has 16 heavy (non-hydrogen) atoms. The number of nitrogens with zero attached hydrogens (tertiary/aromatic N) is 2. The Kier molecular flexibility index (Phi) is 4.10. The van der Waals surface area contributed by atoms with Crippen LogP contribution in [0.4, 0.5) is 5.69 Å². The molecule has 82 valence electrons. The summed E-state index contributed by atoms with van der Waals surface area (Å²) in [6.45, 7) is 3.95. The van der Waals surface area contributed by atoms with Gasteiger partial charge in [0.15, 0.2) is 0 Å². The van der Waals surface area contributed by atoms with E-state index in [1.807, 2.05) is 6.07 Å². The maximum Gasteiger partial charge on any atom is 0.323 e. The summed E-state index contributed by atoms with van der Waals surface area (Å²) in [4.78, 5) is 12.3. The average molecular weight is 216 g/mol. The molecule has 4 nitrogen and oxygen atoms in total. The molecule has 0 fully saturated rings. The Hall–Kier alpha value is -2.28. The molecule has 1 aromatic carbocycles. The van der Waals surface area contributed by atoms with E-state index in [0.717, 1.165) is 5.69 Å². The topological polar surface area (TPSA) is 64.3 Å². The first kappa shape index (κ1) is 11.8. The number of nitriles is 1. The van der Waals surface area contributed by atoms with E-state index in [1.165, 1.54) is 0 Å². The minimum absolute atomic E-state index is 0.0854. The van der Waals surface area contributed by atoms with Crippen LogP contribution >= 0.6 is 0 Å². The molecule has 0 aliphatic carbocycles. The molecule has 1 aromatic rings. The number of aliphatic carboxylic acids is 1. The first-order valence-electron chi connectivity index (χ1n) is 4.75. The lowest BCUT2D eigenvalue weighted by Gasteiger charge is -2.20. The third kappa shape index (κ3) is 3.14. The Labute approximate surface area is 94.0 Å². The average Bonchev–Trinajstić information content (AvgIpc) is 2.28. The van der Waals surface area contributed by atoms with Crippen LogP contribution in [0.3, 0.4) is 0 Å². The van der Waals surface area contributed by atoms with Crippen LogP contribution in [0.5, 0.6) is 0 Å². The normalized spacial score (nSPS) is 9.19. The Balaban J connectivity index is 2.88. The van der Waals surface area contributed by atoms with E-state index in [-0.39, 0.29) is 6.54 Å². The minimum atomic E-state index is -0.897. The number of benzene rings is 1. The van der Waals surface area contributed by atoms with Gasteiger partial charge in [-0.25, -0.2) is 0 Å². The highest BCUT2D eigenvalue weighted by Gasteiger charge is 2.08. The second kappa shape index (κ2) is 5.56. The van der Waals surface area contributed by atoms with Crippen molar-refractivity contribution in [3.05, 3.63) is 42.5 Å². The van der Waals surface area contributed by atoms with Gasteiger partial charge in [-0.2, -0.15) is 5.26 Å². The van der Waals surface area contributed by atoms with Crippen LogP contribution in [-0.2, 0) is 4.79 Å². The lowest BCUT2D eigenvalue weighted by molar-refractivity contribution is -0.135. The van der Waals surface area contributed by atoms with E-state index in [0.29, 0.717) is 12.1 Å². The third-order valence-electron chi connectivity index (χ3n) is 2.04. The lowest BCUT2D eigenvalue weighted by Crippen LogP contribution is -2.29. The quantitative estimate of drug-likeness (QED) is 0.760. The highest BCUT2D eigenvalue weighted by molar-refractivity contribution is 5.74. The SMILES string of the molecule is C=CCN(CC(=O)O)c1ccc(C#N)cc1. The van der Waals surface area contributed by atoms with E-state index in [1.54, 1.807) is 35.2 Å². The van der Waals surface area contributed by atoms with Crippen LogP contribution in [0.25, 0.3) is 0 Å². The summed E-state index contributed by atoms with van der Waals surface area (Å²) >= 11 is 0. The van der Waals surface area contributed by atoms with Crippen LogP contribution in [0.15, 0.2) is 36.9 Å². The van der Waals surface area contributed by atoms with Gasteiger partial charge in [-0.15, -0.1) is 6.58 Å². The van der Waals surface area contributed by atoms with Crippen LogP contribution in [0.1, 0.15) is 5.56 Å². The van der Waals surface area contributed by atoms with E-state index in [4.69, 9.17) is 10.4 Å². The first-order valence-corrected chi connectivity index (χ1v) is 4.75. The lowest BCUT2D eigenvalue weighted by atomic mass is 10.2. The van der Waals surface area contributed by atoms with Crippen LogP contribution in [0.2, 0.25) is 0 Å². The van der Waals surface area contributed by atoms with E-state index in [9.17, 15) is 4.79 Å². The number of carboxylic acids is 1. The van der Waals surface area contributed by atoms with Crippen molar-refractivity contribution in [3.8, 4) is 6.07 Å². The maximum absolute atomic E-state index is 10.7. The van der Waals surface area contributed by atoms with Crippen molar-refractivity contribution in [2.24, 2.45) is 0 Å². The summed E-state index contributed by atoms with van der Waals surface area (Å²) in [5.74, 6) is -0.897. The molecule has 0 heterocycles. The fourth-order valence-electron chi connectivity index (χ4n) is 1.33. The molecule has 0 unspecified atom stereocenters. The third-order valence-corrected chi connectivity index (χ3v) is 2.04. The van der Waals surface area contributed by atoms with Crippen molar-refractivity contribution in [1.29, 1.82) is 5.26 Å². The highest BCUT2D eigenvalue weighted by atomic mass is 16.4. The van der Waals surface area contributed by atoms with Crippen molar-refractivity contribution < 1.29 is 9.90 Å². The van der Waals surface area contributed by atoms with Gasteiger partial charge in [0.1, 0.15) is 6.54 Å². The molecule has 0 bridgehead atoms. The number of anilines is 1. The molecule has 0 saturated heterocycles. The summed E-state index contributed by atoms with van der Waals surface area (Å²) in [6.07, 6.45) is 1.64. The van der Waals surface area contributed by atoms with Crippen LogP contribution in [0, 0.1) is 11.3 Å². The zero-order chi connectivity index (χ0) is 12.0. The standard InChI is InChI=1S/C12H12N2O2/c1-2-7-14(9-12(15)16)11-5-3-10(8-13)4-6-11/h2-6H,1,7,9H2,(H,15,16). The Bertz CT molecular complexity index is 418. The molecule has 1 rings (SSSR count). The van der Waals surface area contributed by atoms with Gasteiger partial charge < -0.3 is 10.0 Å². The van der Waals surface area contributed by atoms with Crippen molar-refractivity contribution in [1.82, 2.24) is 0 Å². The van der Waals surface area contributed by atoms with E-state index in [2.05, 4.69) is 6.58 Å². The summed E-state index contributed by atoms with van der Waals surface area (Å²) in [5, 5.41) is 17.4. The van der Waals surface area contributed by atoms with Crippen molar-refractivity contribution >= 4 is 11.7 Å². The zero-order valence-corrected chi connectivity index (χ0v) is 8.76. The Morgan fingerprint density at radius 3 is 2.56 bits per heavy atom. The van der Waals surface area contributed by atoms with Gasteiger partial charge in [0, 0.05) is 12.2 Å². The van der Waals surface area contributed by atoms with E-state index >= 15 is 0 Å². The summed E-state index contributed by atoms with van der Waals surface area (Å²) in [6, 6.07) is 8.79. The molecular formula is C12H12N2O2. The van der Waals surface area contributed by atoms with Crippen molar-refractivity contribution in [2.45, 2.75) is 0 Å². The molecule has 4 heteroatoms. The molecule has 1 N–H and O–H groups in total. The van der Waals surface area contributed by atoms with Crippen LogP contribution in [-0.4, -0.2) is 24.2 Å². The Morgan fingerprint density at radius 2 is 2.12 bits per heavy atom. The van der Waals surface area contributed by atoms with Gasteiger partial charge in [0.25, 0.3) is 0 Å². The molecule has 0 aliphatic heterocycles. The molecule has 0 atom stereocenters. The molecule has 0 radical (unpaired) electrons. The number of hydrogen-bond donors (Lipinski definition) is 1. The van der Waals surface area contributed by atoms with Crippen molar-refractivity contribution in [2.75, 3.05) is 18.0 Å². The maximum atomic E-state index is 10.7. The van der Waals surface area contributed by atoms with Gasteiger partial charge in [-0.1, -0.05) is 6.08 Å².